The Morgan fingerprint density at radius 2 is 2.00 bits per heavy atom. The van der Waals surface area contributed by atoms with Gasteiger partial charge < -0.3 is 15.0 Å². The maximum atomic E-state index is 12.5. The number of anilines is 1. The van der Waals surface area contributed by atoms with Gasteiger partial charge in [0, 0.05) is 25.8 Å². The number of hydrogen-bond donors (Lipinski definition) is 2. The Bertz CT molecular complexity index is 884. The van der Waals surface area contributed by atoms with Gasteiger partial charge in [0.2, 0.25) is 0 Å². The number of benzene rings is 1. The van der Waals surface area contributed by atoms with E-state index >= 15 is 0 Å². The van der Waals surface area contributed by atoms with Crippen molar-refractivity contribution in [3.05, 3.63) is 43.6 Å². The van der Waals surface area contributed by atoms with Gasteiger partial charge in [-0.15, -0.1) is 0 Å². The fourth-order valence-electron chi connectivity index (χ4n) is 3.51. The molecule has 124 valence electrons. The van der Waals surface area contributed by atoms with Crippen LogP contribution in [0.2, 0.25) is 0 Å². The lowest BCUT2D eigenvalue weighted by molar-refractivity contribution is -0.110. The van der Waals surface area contributed by atoms with Crippen LogP contribution in [-0.2, 0) is 17.6 Å². The topological polar surface area (TPSA) is 54.1 Å². The zero-order valence-electron chi connectivity index (χ0n) is 13.1. The van der Waals surface area contributed by atoms with Crippen LogP contribution in [0, 0.1) is 0 Å². The first kappa shape index (κ1) is 16.0. The molecule has 1 aliphatic heterocycles. The fourth-order valence-corrected chi connectivity index (χ4v) is 4.84. The minimum Gasteiger partial charge on any atom is -0.494 e. The number of hydrogen-bond acceptors (Lipinski definition) is 2. The highest BCUT2D eigenvalue weighted by Crippen LogP contribution is 2.42. The summed E-state index contributed by atoms with van der Waals surface area (Å²) in [5.41, 5.74) is 5.70. The fraction of sp³-hybridized carbons (Fsp3) is 0.278. The van der Waals surface area contributed by atoms with E-state index in [4.69, 9.17) is 4.74 Å². The van der Waals surface area contributed by atoms with E-state index in [-0.39, 0.29) is 5.91 Å². The quantitative estimate of drug-likeness (QED) is 0.636. The molecule has 0 fully saturated rings. The summed E-state index contributed by atoms with van der Waals surface area (Å²) in [6.45, 7) is 0. The van der Waals surface area contributed by atoms with Crippen LogP contribution in [0.1, 0.15) is 35.4 Å². The monoisotopic (exact) mass is 450 g/mol. The number of methoxy groups -OCH3 is 1. The van der Waals surface area contributed by atoms with E-state index < -0.39 is 0 Å². The van der Waals surface area contributed by atoms with Gasteiger partial charge >= 0.3 is 0 Å². The molecule has 0 saturated carbocycles. The molecule has 0 atom stereocenters. The Kier molecular flexibility index (Phi) is 4.04. The zero-order valence-corrected chi connectivity index (χ0v) is 16.3. The third kappa shape index (κ3) is 2.52. The minimum atomic E-state index is -0.0987. The number of H-pyrrole nitrogens is 1. The standard InChI is InChI=1S/C18H16Br2N2O2/c1-24-17-10-4-2-3-5-14(10)21-15(17)8-12-11-6-9(19)7-13(20)16(11)22-18(12)23/h6-8,21H,2-5H2,1H3,(H,22,23). The largest absolute Gasteiger partial charge is 0.494 e. The van der Waals surface area contributed by atoms with Crippen LogP contribution in [0.5, 0.6) is 5.75 Å². The summed E-state index contributed by atoms with van der Waals surface area (Å²) in [6, 6.07) is 3.88. The van der Waals surface area contributed by atoms with Crippen LogP contribution < -0.4 is 10.1 Å². The average Bonchev–Trinajstić information content (AvgIpc) is 3.06. The number of amides is 1. The van der Waals surface area contributed by atoms with Crippen LogP contribution in [0.15, 0.2) is 21.1 Å². The number of halogens is 2. The number of fused-ring (bicyclic) bond motifs is 2. The Hall–Kier alpha value is -1.53. The first-order valence-electron chi connectivity index (χ1n) is 7.88. The predicted molar refractivity (Wildman–Crippen MR) is 102 cm³/mol. The normalized spacial score (nSPS) is 17.6. The van der Waals surface area contributed by atoms with E-state index in [1.165, 1.54) is 24.1 Å². The van der Waals surface area contributed by atoms with Crippen molar-refractivity contribution >= 4 is 55.1 Å². The first-order chi connectivity index (χ1) is 11.6. The van der Waals surface area contributed by atoms with E-state index in [9.17, 15) is 4.79 Å². The summed E-state index contributed by atoms with van der Waals surface area (Å²) in [5, 5.41) is 2.93. The molecule has 1 amide bonds. The second-order valence-corrected chi connectivity index (χ2v) is 7.83. The van der Waals surface area contributed by atoms with Crippen molar-refractivity contribution in [2.75, 3.05) is 12.4 Å². The van der Waals surface area contributed by atoms with Crippen LogP contribution in [-0.4, -0.2) is 18.0 Å². The molecular formula is C18H16Br2N2O2. The first-order valence-corrected chi connectivity index (χ1v) is 9.47. The molecule has 0 saturated heterocycles. The van der Waals surface area contributed by atoms with Gasteiger partial charge in [0.1, 0.15) is 5.75 Å². The summed E-state index contributed by atoms with van der Waals surface area (Å²) in [5.74, 6) is 0.769. The maximum Gasteiger partial charge on any atom is 0.256 e. The van der Waals surface area contributed by atoms with Gasteiger partial charge in [-0.1, -0.05) is 15.9 Å². The number of rotatable bonds is 2. The van der Waals surface area contributed by atoms with E-state index in [1.807, 2.05) is 18.2 Å². The van der Waals surface area contributed by atoms with Gasteiger partial charge in [-0.05, 0) is 59.8 Å². The maximum absolute atomic E-state index is 12.5. The summed E-state index contributed by atoms with van der Waals surface area (Å²) in [7, 11) is 1.69. The number of ether oxygens (including phenoxy) is 1. The summed E-state index contributed by atoms with van der Waals surface area (Å²) >= 11 is 7.00. The SMILES string of the molecule is COc1c(C=C2C(=O)Nc3c(Br)cc(Br)cc32)[nH]c2c1CCCC2. The van der Waals surface area contributed by atoms with E-state index in [2.05, 4.69) is 42.2 Å². The lowest BCUT2D eigenvalue weighted by Crippen LogP contribution is -2.04. The molecule has 6 heteroatoms. The zero-order chi connectivity index (χ0) is 16.8. The van der Waals surface area contributed by atoms with Crippen molar-refractivity contribution in [1.82, 2.24) is 4.98 Å². The molecule has 2 aliphatic rings. The molecule has 24 heavy (non-hydrogen) atoms. The number of aryl methyl sites for hydroxylation is 1. The highest BCUT2D eigenvalue weighted by molar-refractivity contribution is 9.11. The molecule has 4 rings (SSSR count). The minimum absolute atomic E-state index is 0.0987. The molecule has 0 spiro atoms. The van der Waals surface area contributed by atoms with Crippen molar-refractivity contribution in [2.45, 2.75) is 25.7 Å². The summed E-state index contributed by atoms with van der Waals surface area (Å²) in [4.78, 5) is 15.9. The van der Waals surface area contributed by atoms with Gasteiger partial charge in [0.05, 0.1) is 24.1 Å². The smallest absolute Gasteiger partial charge is 0.256 e. The molecular weight excluding hydrogens is 436 g/mol. The molecule has 1 aromatic heterocycles. The second kappa shape index (κ2) is 6.08. The van der Waals surface area contributed by atoms with Crippen LogP contribution in [0.3, 0.4) is 0 Å². The van der Waals surface area contributed by atoms with Crippen molar-refractivity contribution in [3.8, 4) is 5.75 Å². The highest BCUT2D eigenvalue weighted by atomic mass is 79.9. The molecule has 1 aliphatic carbocycles. The van der Waals surface area contributed by atoms with Crippen LogP contribution in [0.4, 0.5) is 5.69 Å². The van der Waals surface area contributed by atoms with Gasteiger partial charge in [-0.25, -0.2) is 0 Å². The van der Waals surface area contributed by atoms with Crippen molar-refractivity contribution < 1.29 is 9.53 Å². The Morgan fingerprint density at radius 3 is 2.79 bits per heavy atom. The predicted octanol–water partition coefficient (Wildman–Crippen LogP) is 4.92. The Morgan fingerprint density at radius 1 is 1.21 bits per heavy atom. The van der Waals surface area contributed by atoms with Gasteiger partial charge in [0.15, 0.2) is 0 Å². The highest BCUT2D eigenvalue weighted by Gasteiger charge is 2.28. The van der Waals surface area contributed by atoms with Crippen LogP contribution >= 0.6 is 31.9 Å². The van der Waals surface area contributed by atoms with E-state index in [1.54, 1.807) is 7.11 Å². The molecule has 0 bridgehead atoms. The lowest BCUT2D eigenvalue weighted by Gasteiger charge is -2.11. The molecule has 2 aromatic rings. The average molecular weight is 452 g/mol. The molecule has 0 unspecified atom stereocenters. The van der Waals surface area contributed by atoms with Gasteiger partial charge in [-0.2, -0.15) is 0 Å². The van der Waals surface area contributed by atoms with Crippen molar-refractivity contribution in [1.29, 1.82) is 0 Å². The van der Waals surface area contributed by atoms with Crippen molar-refractivity contribution in [2.24, 2.45) is 0 Å². The lowest BCUT2D eigenvalue weighted by atomic mass is 9.97. The Balaban J connectivity index is 1.86. The molecule has 4 nitrogen and oxygen atoms in total. The molecule has 0 radical (unpaired) electrons. The summed E-state index contributed by atoms with van der Waals surface area (Å²) < 4.78 is 7.43. The number of aromatic nitrogens is 1. The Labute approximate surface area is 156 Å². The number of carbonyl (C=O) groups excluding carboxylic acids is 1. The molecule has 2 N–H and O–H groups in total. The second-order valence-electron chi connectivity index (χ2n) is 6.06. The number of carbonyl (C=O) groups is 1. The van der Waals surface area contributed by atoms with E-state index in [0.29, 0.717) is 5.57 Å². The van der Waals surface area contributed by atoms with E-state index in [0.717, 1.165) is 44.5 Å². The summed E-state index contributed by atoms with van der Waals surface area (Å²) in [6.07, 6.45) is 6.33. The molecule has 2 heterocycles. The third-order valence-electron chi connectivity index (χ3n) is 4.59. The number of aromatic amines is 1. The van der Waals surface area contributed by atoms with Crippen LogP contribution in [0.25, 0.3) is 11.6 Å². The molecule has 1 aromatic carbocycles. The number of nitrogens with one attached hydrogen (secondary N) is 2. The van der Waals surface area contributed by atoms with Crippen molar-refractivity contribution in [3.63, 3.8) is 0 Å². The van der Waals surface area contributed by atoms with Gasteiger partial charge in [0.25, 0.3) is 5.91 Å². The third-order valence-corrected chi connectivity index (χ3v) is 5.68. The van der Waals surface area contributed by atoms with Gasteiger partial charge in [-0.3, -0.25) is 4.79 Å².